The van der Waals surface area contributed by atoms with Crippen molar-refractivity contribution in [2.45, 2.75) is 19.9 Å². The average molecular weight is 242 g/mol. The molecular weight excluding hydrogens is 222 g/mol. The summed E-state index contributed by atoms with van der Waals surface area (Å²) in [7, 11) is 0. The van der Waals surface area contributed by atoms with Crippen molar-refractivity contribution in [3.63, 3.8) is 0 Å². The number of pyridine rings is 1. The third-order valence-electron chi connectivity index (χ3n) is 3.06. The molecule has 0 aliphatic carbocycles. The molecule has 4 heteroatoms. The first-order valence-electron chi connectivity index (χ1n) is 5.62. The minimum Gasteiger partial charge on any atom is -0.330 e. The van der Waals surface area contributed by atoms with Gasteiger partial charge in [-0.25, -0.2) is 0 Å². The van der Waals surface area contributed by atoms with Gasteiger partial charge < -0.3 is 5.73 Å². The number of aromatic nitrogens is 1. The molecule has 1 saturated heterocycles. The molecule has 1 aromatic rings. The molecule has 2 rings (SSSR count). The highest BCUT2D eigenvalue weighted by Gasteiger charge is 2.21. The van der Waals surface area contributed by atoms with Crippen LogP contribution in [0.2, 0.25) is 0 Å². The molecule has 1 aliphatic heterocycles. The summed E-state index contributed by atoms with van der Waals surface area (Å²) in [6, 6.07) is 4.24. The van der Waals surface area contributed by atoms with Crippen molar-refractivity contribution in [3.8, 4) is 0 Å². The summed E-state index contributed by atoms with van der Waals surface area (Å²) in [6.07, 6.45) is 3.17. The Balaban J connectivity index is 0.00000128. The molecule has 2 heterocycles. The third kappa shape index (κ3) is 3.44. The van der Waals surface area contributed by atoms with Crippen molar-refractivity contribution < 1.29 is 0 Å². The van der Waals surface area contributed by atoms with E-state index in [-0.39, 0.29) is 12.4 Å². The van der Waals surface area contributed by atoms with Gasteiger partial charge in [0, 0.05) is 19.3 Å². The average Bonchev–Trinajstić information content (AvgIpc) is 2.69. The number of rotatable bonds is 3. The zero-order chi connectivity index (χ0) is 10.7. The minimum absolute atomic E-state index is 0. The van der Waals surface area contributed by atoms with Crippen molar-refractivity contribution in [2.24, 2.45) is 11.7 Å². The summed E-state index contributed by atoms with van der Waals surface area (Å²) in [5, 5.41) is 0. The SMILES string of the molecule is Cc1ccc(CN2CCC(CN)C2)nc1.Cl. The van der Waals surface area contributed by atoms with E-state index in [1.54, 1.807) is 0 Å². The third-order valence-corrected chi connectivity index (χ3v) is 3.06. The Hall–Kier alpha value is -0.640. The predicted octanol–water partition coefficient (Wildman–Crippen LogP) is 1.59. The van der Waals surface area contributed by atoms with Gasteiger partial charge in [-0.05, 0) is 44.0 Å². The van der Waals surface area contributed by atoms with E-state index in [4.69, 9.17) is 5.73 Å². The van der Waals surface area contributed by atoms with Crippen LogP contribution in [-0.2, 0) is 6.54 Å². The largest absolute Gasteiger partial charge is 0.330 e. The molecule has 0 bridgehead atoms. The summed E-state index contributed by atoms with van der Waals surface area (Å²) in [5.41, 5.74) is 8.05. The smallest absolute Gasteiger partial charge is 0.0544 e. The lowest BCUT2D eigenvalue weighted by Crippen LogP contribution is -2.23. The summed E-state index contributed by atoms with van der Waals surface area (Å²) in [4.78, 5) is 6.86. The minimum atomic E-state index is 0. The topological polar surface area (TPSA) is 42.1 Å². The predicted molar refractivity (Wildman–Crippen MR) is 68.7 cm³/mol. The van der Waals surface area contributed by atoms with Crippen molar-refractivity contribution in [1.29, 1.82) is 0 Å². The van der Waals surface area contributed by atoms with Gasteiger partial charge in [-0.3, -0.25) is 9.88 Å². The second-order valence-corrected chi connectivity index (χ2v) is 4.45. The normalized spacial score (nSPS) is 20.8. The molecule has 1 aromatic heterocycles. The van der Waals surface area contributed by atoms with E-state index in [9.17, 15) is 0 Å². The molecule has 0 radical (unpaired) electrons. The van der Waals surface area contributed by atoms with Crippen LogP contribution in [0.3, 0.4) is 0 Å². The molecule has 1 fully saturated rings. The molecule has 1 atom stereocenters. The monoisotopic (exact) mass is 241 g/mol. The van der Waals surface area contributed by atoms with Crippen LogP contribution in [0, 0.1) is 12.8 Å². The molecule has 0 saturated carbocycles. The first kappa shape index (κ1) is 13.4. The van der Waals surface area contributed by atoms with E-state index >= 15 is 0 Å². The van der Waals surface area contributed by atoms with Gasteiger partial charge in [0.2, 0.25) is 0 Å². The molecule has 16 heavy (non-hydrogen) atoms. The lowest BCUT2D eigenvalue weighted by Gasteiger charge is -2.14. The Morgan fingerprint density at radius 1 is 1.50 bits per heavy atom. The Labute approximate surface area is 103 Å². The first-order valence-corrected chi connectivity index (χ1v) is 5.62. The molecule has 0 amide bonds. The molecule has 2 N–H and O–H groups in total. The van der Waals surface area contributed by atoms with E-state index in [1.807, 2.05) is 6.20 Å². The van der Waals surface area contributed by atoms with Crippen LogP contribution in [0.15, 0.2) is 18.3 Å². The zero-order valence-corrected chi connectivity index (χ0v) is 10.5. The van der Waals surface area contributed by atoms with Gasteiger partial charge in [-0.2, -0.15) is 0 Å². The molecule has 1 aliphatic rings. The lowest BCUT2D eigenvalue weighted by molar-refractivity contribution is 0.314. The van der Waals surface area contributed by atoms with Crippen molar-refractivity contribution in [1.82, 2.24) is 9.88 Å². The maximum atomic E-state index is 5.67. The van der Waals surface area contributed by atoms with Crippen LogP contribution in [0.1, 0.15) is 17.7 Å². The van der Waals surface area contributed by atoms with Crippen LogP contribution in [0.4, 0.5) is 0 Å². The van der Waals surface area contributed by atoms with E-state index in [0.29, 0.717) is 5.92 Å². The number of hydrogen-bond acceptors (Lipinski definition) is 3. The summed E-state index contributed by atoms with van der Waals surface area (Å²) >= 11 is 0. The van der Waals surface area contributed by atoms with Crippen molar-refractivity contribution >= 4 is 12.4 Å². The standard InChI is InChI=1S/C12H19N3.ClH/c1-10-2-3-12(14-7-10)9-15-5-4-11(6-13)8-15;/h2-3,7,11H,4-6,8-9,13H2,1H3;1H. The van der Waals surface area contributed by atoms with E-state index < -0.39 is 0 Å². The van der Waals surface area contributed by atoms with E-state index in [2.05, 4.69) is 28.9 Å². The second kappa shape index (κ2) is 6.18. The van der Waals surface area contributed by atoms with Crippen LogP contribution < -0.4 is 5.73 Å². The highest BCUT2D eigenvalue weighted by Crippen LogP contribution is 2.16. The fourth-order valence-corrected chi connectivity index (χ4v) is 2.07. The number of aryl methyl sites for hydroxylation is 1. The molecule has 0 spiro atoms. The van der Waals surface area contributed by atoms with Crippen LogP contribution in [0.5, 0.6) is 0 Å². The number of likely N-dealkylation sites (tertiary alicyclic amines) is 1. The number of halogens is 1. The molecular formula is C12H20ClN3. The van der Waals surface area contributed by atoms with Gasteiger partial charge in [-0.15, -0.1) is 12.4 Å². The summed E-state index contributed by atoms with van der Waals surface area (Å²) in [5.74, 6) is 0.690. The zero-order valence-electron chi connectivity index (χ0n) is 9.72. The second-order valence-electron chi connectivity index (χ2n) is 4.45. The fourth-order valence-electron chi connectivity index (χ4n) is 2.07. The van der Waals surface area contributed by atoms with Gasteiger partial charge in [0.1, 0.15) is 0 Å². The van der Waals surface area contributed by atoms with Crippen molar-refractivity contribution in [3.05, 3.63) is 29.6 Å². The Kier molecular flexibility index (Phi) is 5.19. The number of nitrogens with zero attached hydrogens (tertiary/aromatic N) is 2. The highest BCUT2D eigenvalue weighted by molar-refractivity contribution is 5.85. The van der Waals surface area contributed by atoms with Crippen LogP contribution in [0.25, 0.3) is 0 Å². The van der Waals surface area contributed by atoms with Gasteiger partial charge in [-0.1, -0.05) is 6.07 Å². The maximum Gasteiger partial charge on any atom is 0.0544 e. The molecule has 90 valence electrons. The van der Waals surface area contributed by atoms with Gasteiger partial charge in [0.25, 0.3) is 0 Å². The first-order chi connectivity index (χ1) is 7.28. The molecule has 1 unspecified atom stereocenters. The summed E-state index contributed by atoms with van der Waals surface area (Å²) < 4.78 is 0. The molecule has 0 aromatic carbocycles. The van der Waals surface area contributed by atoms with Gasteiger partial charge in [0.15, 0.2) is 0 Å². The highest BCUT2D eigenvalue weighted by atomic mass is 35.5. The Morgan fingerprint density at radius 3 is 2.88 bits per heavy atom. The van der Waals surface area contributed by atoms with Gasteiger partial charge >= 0.3 is 0 Å². The Bertz CT molecular complexity index is 313. The van der Waals surface area contributed by atoms with Crippen LogP contribution in [-0.4, -0.2) is 29.5 Å². The van der Waals surface area contributed by atoms with E-state index in [0.717, 1.165) is 26.2 Å². The van der Waals surface area contributed by atoms with Gasteiger partial charge in [0.05, 0.1) is 5.69 Å². The fraction of sp³-hybridized carbons (Fsp3) is 0.583. The summed E-state index contributed by atoms with van der Waals surface area (Å²) in [6.45, 7) is 6.15. The number of nitrogens with two attached hydrogens (primary N) is 1. The van der Waals surface area contributed by atoms with Crippen molar-refractivity contribution in [2.75, 3.05) is 19.6 Å². The molecule has 3 nitrogen and oxygen atoms in total. The quantitative estimate of drug-likeness (QED) is 0.874. The Morgan fingerprint density at radius 2 is 2.31 bits per heavy atom. The van der Waals surface area contributed by atoms with E-state index in [1.165, 1.54) is 17.7 Å². The maximum absolute atomic E-state index is 5.67. The number of hydrogen-bond donors (Lipinski definition) is 1. The lowest BCUT2D eigenvalue weighted by atomic mass is 10.1. The van der Waals surface area contributed by atoms with Crippen LogP contribution >= 0.6 is 12.4 Å².